The van der Waals surface area contributed by atoms with E-state index in [-0.39, 0.29) is 24.2 Å². The number of amides is 2. The minimum Gasteiger partial charge on any atom is -0.352 e. The van der Waals surface area contributed by atoms with E-state index in [1.54, 1.807) is 6.92 Å². The van der Waals surface area contributed by atoms with Crippen LogP contribution in [0.4, 0.5) is 10.1 Å². The summed E-state index contributed by atoms with van der Waals surface area (Å²) in [5.41, 5.74) is 1.52. The number of anilines is 1. The number of hydrogen-bond acceptors (Lipinski definition) is 4. The quantitative estimate of drug-likeness (QED) is 0.507. The summed E-state index contributed by atoms with van der Waals surface area (Å²) in [5, 5.41) is 2.87. The van der Waals surface area contributed by atoms with Crippen LogP contribution in [-0.4, -0.2) is 62.2 Å². The second-order valence-electron chi connectivity index (χ2n) is 8.75. The first-order chi connectivity index (χ1) is 16.4. The largest absolute Gasteiger partial charge is 0.352 e. The van der Waals surface area contributed by atoms with Crippen molar-refractivity contribution in [3.05, 3.63) is 65.5 Å². The first kappa shape index (κ1) is 28.3. The van der Waals surface area contributed by atoms with E-state index in [2.05, 4.69) is 5.32 Å². The van der Waals surface area contributed by atoms with Gasteiger partial charge in [-0.2, -0.15) is 12.7 Å². The molecular formula is C25H35FN4O4S. The number of benzene rings is 2. The van der Waals surface area contributed by atoms with Gasteiger partial charge in [-0.3, -0.25) is 9.59 Å². The van der Waals surface area contributed by atoms with Gasteiger partial charge in [0.1, 0.15) is 18.4 Å². The van der Waals surface area contributed by atoms with Crippen molar-refractivity contribution < 1.29 is 22.4 Å². The average Bonchev–Trinajstić information content (AvgIpc) is 2.80. The van der Waals surface area contributed by atoms with Gasteiger partial charge < -0.3 is 10.2 Å². The molecule has 35 heavy (non-hydrogen) atoms. The summed E-state index contributed by atoms with van der Waals surface area (Å²) in [7, 11) is -1.60. The summed E-state index contributed by atoms with van der Waals surface area (Å²) < 4.78 is 42.4. The lowest BCUT2D eigenvalue weighted by Crippen LogP contribution is -2.53. The Morgan fingerprint density at radius 3 is 2.29 bits per heavy atom. The van der Waals surface area contributed by atoms with Crippen molar-refractivity contribution in [3.63, 3.8) is 0 Å². The van der Waals surface area contributed by atoms with Crippen molar-refractivity contribution in [2.75, 3.05) is 24.9 Å². The number of carbonyl (C=O) groups excluding carboxylic acids is 2. The maximum absolute atomic E-state index is 14.6. The van der Waals surface area contributed by atoms with Crippen LogP contribution < -0.4 is 9.62 Å². The Morgan fingerprint density at radius 1 is 1.06 bits per heavy atom. The van der Waals surface area contributed by atoms with Gasteiger partial charge in [-0.1, -0.05) is 48.9 Å². The van der Waals surface area contributed by atoms with Gasteiger partial charge in [-0.15, -0.1) is 0 Å². The van der Waals surface area contributed by atoms with E-state index in [1.165, 1.54) is 37.2 Å². The second-order valence-corrected chi connectivity index (χ2v) is 10.8. The van der Waals surface area contributed by atoms with Crippen molar-refractivity contribution in [1.29, 1.82) is 0 Å². The number of halogens is 1. The van der Waals surface area contributed by atoms with Crippen LogP contribution in [0.2, 0.25) is 0 Å². The van der Waals surface area contributed by atoms with Gasteiger partial charge in [0.15, 0.2) is 0 Å². The van der Waals surface area contributed by atoms with Gasteiger partial charge in [0.2, 0.25) is 11.8 Å². The summed E-state index contributed by atoms with van der Waals surface area (Å²) in [4.78, 5) is 27.8. The fourth-order valence-electron chi connectivity index (χ4n) is 3.41. The predicted molar refractivity (Wildman–Crippen MR) is 135 cm³/mol. The van der Waals surface area contributed by atoms with Crippen LogP contribution >= 0.6 is 0 Å². The number of nitrogens with one attached hydrogen (secondary N) is 1. The highest BCUT2D eigenvalue weighted by Gasteiger charge is 2.33. The standard InChI is InChI=1S/C25H35FN4O4S/c1-7-19(3)27-25(32)20(4)29(16-21-12-10-11-18(2)15-21)24(31)17-30(35(33,34)28(5)6)23-14-9-8-13-22(23)26/h8-15,19-20H,7,16-17H2,1-6H3,(H,27,32)/t19-,20-/m0/s1. The highest BCUT2D eigenvalue weighted by Crippen LogP contribution is 2.24. The van der Waals surface area contributed by atoms with Gasteiger partial charge in [-0.05, 0) is 44.9 Å². The lowest BCUT2D eigenvalue weighted by Gasteiger charge is -2.33. The third-order valence-electron chi connectivity index (χ3n) is 5.74. The molecule has 0 saturated heterocycles. The molecule has 2 aromatic rings. The van der Waals surface area contributed by atoms with E-state index < -0.39 is 34.5 Å². The number of nitrogens with zero attached hydrogens (tertiary/aromatic N) is 3. The molecule has 2 aromatic carbocycles. The Bertz CT molecular complexity index is 1140. The SMILES string of the molecule is CC[C@H](C)NC(=O)[C@H](C)N(Cc1cccc(C)c1)C(=O)CN(c1ccccc1F)S(=O)(=O)N(C)C. The van der Waals surface area contributed by atoms with Crippen LogP contribution in [0, 0.1) is 12.7 Å². The zero-order valence-corrected chi connectivity index (χ0v) is 22.0. The Balaban J connectivity index is 2.47. The van der Waals surface area contributed by atoms with Crippen LogP contribution in [0.15, 0.2) is 48.5 Å². The molecule has 0 aliphatic heterocycles. The smallest absolute Gasteiger partial charge is 0.304 e. The van der Waals surface area contributed by atoms with E-state index in [1.807, 2.05) is 45.0 Å². The normalized spacial score (nSPS) is 13.3. The van der Waals surface area contributed by atoms with E-state index in [9.17, 15) is 22.4 Å². The van der Waals surface area contributed by atoms with E-state index in [0.717, 1.165) is 25.8 Å². The van der Waals surface area contributed by atoms with Crippen molar-refractivity contribution in [2.24, 2.45) is 0 Å². The fraction of sp³-hybridized carbons (Fsp3) is 0.440. The first-order valence-electron chi connectivity index (χ1n) is 11.5. The molecule has 1 N–H and O–H groups in total. The topological polar surface area (TPSA) is 90.0 Å². The molecule has 0 bridgehead atoms. The molecule has 0 radical (unpaired) electrons. The van der Waals surface area contributed by atoms with E-state index >= 15 is 0 Å². The third-order valence-corrected chi connectivity index (χ3v) is 7.55. The maximum atomic E-state index is 14.6. The molecule has 2 amide bonds. The Hall–Kier alpha value is -2.98. The monoisotopic (exact) mass is 506 g/mol. The van der Waals surface area contributed by atoms with E-state index in [4.69, 9.17) is 0 Å². The van der Waals surface area contributed by atoms with Crippen molar-refractivity contribution in [3.8, 4) is 0 Å². The lowest BCUT2D eigenvalue weighted by atomic mass is 10.1. The summed E-state index contributed by atoms with van der Waals surface area (Å²) in [6.07, 6.45) is 0.715. The first-order valence-corrected chi connectivity index (χ1v) is 12.9. The van der Waals surface area contributed by atoms with Crippen molar-refractivity contribution >= 4 is 27.7 Å². The molecule has 2 rings (SSSR count). The van der Waals surface area contributed by atoms with Crippen LogP contribution in [0.25, 0.3) is 0 Å². The molecule has 10 heteroatoms. The number of rotatable bonds is 11. The summed E-state index contributed by atoms with van der Waals surface area (Å²) >= 11 is 0. The summed E-state index contributed by atoms with van der Waals surface area (Å²) in [5.74, 6) is -1.77. The molecule has 0 saturated carbocycles. The zero-order chi connectivity index (χ0) is 26.3. The van der Waals surface area contributed by atoms with Gasteiger partial charge in [0.25, 0.3) is 0 Å². The number of hydrogen-bond donors (Lipinski definition) is 1. The second kappa shape index (κ2) is 12.1. The molecule has 0 heterocycles. The number of aryl methyl sites for hydroxylation is 1. The van der Waals surface area contributed by atoms with Gasteiger partial charge >= 0.3 is 10.2 Å². The van der Waals surface area contributed by atoms with Crippen LogP contribution in [0.5, 0.6) is 0 Å². The minimum absolute atomic E-state index is 0.0860. The molecular weight excluding hydrogens is 471 g/mol. The van der Waals surface area contributed by atoms with E-state index in [0.29, 0.717) is 6.42 Å². The molecule has 0 aromatic heterocycles. The predicted octanol–water partition coefficient (Wildman–Crippen LogP) is 3.08. The Morgan fingerprint density at radius 2 is 1.71 bits per heavy atom. The number of carbonyl (C=O) groups is 2. The molecule has 0 fully saturated rings. The molecule has 0 aliphatic rings. The Labute approximate surface area is 207 Å². The molecule has 0 aliphatic carbocycles. The van der Waals surface area contributed by atoms with Crippen LogP contribution in [0.3, 0.4) is 0 Å². The lowest BCUT2D eigenvalue weighted by molar-refractivity contribution is -0.139. The maximum Gasteiger partial charge on any atom is 0.304 e. The van der Waals surface area contributed by atoms with Crippen molar-refractivity contribution in [2.45, 2.75) is 52.7 Å². The van der Waals surface area contributed by atoms with Gasteiger partial charge in [0, 0.05) is 26.7 Å². The third kappa shape index (κ3) is 7.25. The molecule has 0 spiro atoms. The number of para-hydroxylation sites is 1. The fourth-order valence-corrected chi connectivity index (χ4v) is 4.48. The summed E-state index contributed by atoms with van der Waals surface area (Å²) in [6, 6.07) is 11.9. The molecule has 8 nitrogen and oxygen atoms in total. The highest BCUT2D eigenvalue weighted by atomic mass is 32.2. The Kier molecular flexibility index (Phi) is 9.79. The van der Waals surface area contributed by atoms with Crippen LogP contribution in [-0.2, 0) is 26.3 Å². The molecule has 2 atom stereocenters. The van der Waals surface area contributed by atoms with Gasteiger partial charge in [-0.25, -0.2) is 8.70 Å². The minimum atomic E-state index is -4.21. The summed E-state index contributed by atoms with van der Waals surface area (Å²) in [6.45, 7) is 6.72. The van der Waals surface area contributed by atoms with Gasteiger partial charge in [0.05, 0.1) is 5.69 Å². The molecule has 0 unspecified atom stereocenters. The highest BCUT2D eigenvalue weighted by molar-refractivity contribution is 7.90. The average molecular weight is 507 g/mol. The van der Waals surface area contributed by atoms with Crippen molar-refractivity contribution in [1.82, 2.24) is 14.5 Å². The van der Waals surface area contributed by atoms with Crippen LogP contribution in [0.1, 0.15) is 38.3 Å². The molecule has 192 valence electrons. The zero-order valence-electron chi connectivity index (χ0n) is 21.2.